The van der Waals surface area contributed by atoms with Gasteiger partial charge in [0.2, 0.25) is 0 Å². The minimum Gasteiger partial charge on any atom is -0.314 e. The van der Waals surface area contributed by atoms with Crippen molar-refractivity contribution in [1.82, 2.24) is 15.1 Å². The van der Waals surface area contributed by atoms with Crippen molar-refractivity contribution >= 4 is 0 Å². The number of nitrogens with zero attached hydrogens (tertiary/aromatic N) is 2. The van der Waals surface area contributed by atoms with Gasteiger partial charge >= 0.3 is 0 Å². The van der Waals surface area contributed by atoms with Crippen LogP contribution in [0.1, 0.15) is 70.0 Å². The van der Waals surface area contributed by atoms with Crippen molar-refractivity contribution in [2.75, 3.05) is 6.54 Å². The van der Waals surface area contributed by atoms with Crippen LogP contribution in [-0.4, -0.2) is 22.4 Å². The molecule has 0 aromatic carbocycles. The Balaban J connectivity index is 1.56. The third-order valence-electron chi connectivity index (χ3n) is 4.88. The molecule has 20 heavy (non-hydrogen) atoms. The summed E-state index contributed by atoms with van der Waals surface area (Å²) in [7, 11) is 0. The first-order valence-electron chi connectivity index (χ1n) is 8.62. The van der Waals surface area contributed by atoms with Crippen molar-refractivity contribution in [2.45, 2.75) is 76.8 Å². The lowest BCUT2D eigenvalue weighted by molar-refractivity contribution is 0.327. The smallest absolute Gasteiger partial charge is 0.0640 e. The summed E-state index contributed by atoms with van der Waals surface area (Å²) in [4.78, 5) is 0. The molecule has 2 saturated carbocycles. The molecule has 0 radical (unpaired) electrons. The quantitative estimate of drug-likeness (QED) is 0.822. The highest BCUT2D eigenvalue weighted by molar-refractivity contribution is 5.03. The molecule has 0 spiro atoms. The molecule has 3 rings (SSSR count). The summed E-state index contributed by atoms with van der Waals surface area (Å²) in [6.45, 7) is 3.28. The fourth-order valence-corrected chi connectivity index (χ4v) is 3.57. The van der Waals surface area contributed by atoms with Gasteiger partial charge in [0, 0.05) is 18.7 Å². The topological polar surface area (TPSA) is 29.9 Å². The van der Waals surface area contributed by atoms with Crippen molar-refractivity contribution in [3.63, 3.8) is 0 Å². The average Bonchev–Trinajstić information content (AvgIpc) is 3.16. The summed E-state index contributed by atoms with van der Waals surface area (Å²) in [6, 6.07) is 3.53. The molecule has 0 saturated heterocycles. The molecule has 0 aliphatic heterocycles. The highest BCUT2D eigenvalue weighted by atomic mass is 15.3. The first kappa shape index (κ1) is 14.1. The number of rotatable bonds is 7. The minimum absolute atomic E-state index is 0.627. The maximum Gasteiger partial charge on any atom is 0.0640 e. The van der Waals surface area contributed by atoms with E-state index in [4.69, 9.17) is 5.10 Å². The van der Waals surface area contributed by atoms with Crippen molar-refractivity contribution in [2.24, 2.45) is 5.92 Å². The van der Waals surface area contributed by atoms with Crippen LogP contribution < -0.4 is 5.32 Å². The molecule has 2 aliphatic carbocycles. The Morgan fingerprint density at radius 3 is 2.75 bits per heavy atom. The second-order valence-electron chi connectivity index (χ2n) is 6.72. The van der Waals surface area contributed by atoms with Crippen LogP contribution in [0.5, 0.6) is 0 Å². The molecule has 112 valence electrons. The number of nitrogens with one attached hydrogen (secondary N) is 1. The van der Waals surface area contributed by atoms with Gasteiger partial charge in [-0.25, -0.2) is 0 Å². The number of aromatic nitrogens is 2. The summed E-state index contributed by atoms with van der Waals surface area (Å²) in [6.07, 6.45) is 14.3. The zero-order chi connectivity index (χ0) is 13.8. The lowest BCUT2D eigenvalue weighted by atomic mass is 9.96. The lowest BCUT2D eigenvalue weighted by Gasteiger charge is -2.22. The van der Waals surface area contributed by atoms with Gasteiger partial charge in [-0.15, -0.1) is 0 Å². The molecule has 1 aromatic heterocycles. The minimum atomic E-state index is 0.627. The van der Waals surface area contributed by atoms with Gasteiger partial charge in [-0.2, -0.15) is 5.10 Å². The summed E-state index contributed by atoms with van der Waals surface area (Å²) >= 11 is 0. The molecule has 1 aromatic rings. The van der Waals surface area contributed by atoms with Gasteiger partial charge in [0.1, 0.15) is 0 Å². The maximum absolute atomic E-state index is 4.86. The standard InChI is InChI=1S/C17H29N3/c1-2-18-16(12-14-8-9-14)13-15-10-11-20(19-15)17-6-4-3-5-7-17/h10-11,14,16-18H,2-9,12-13H2,1H3. The zero-order valence-corrected chi connectivity index (χ0v) is 12.9. The molecule has 3 heteroatoms. The van der Waals surface area contributed by atoms with E-state index in [0.717, 1.165) is 18.9 Å². The van der Waals surface area contributed by atoms with Gasteiger partial charge in [-0.3, -0.25) is 4.68 Å². The van der Waals surface area contributed by atoms with E-state index in [1.54, 1.807) is 0 Å². The van der Waals surface area contributed by atoms with Crippen molar-refractivity contribution in [1.29, 1.82) is 0 Å². The van der Waals surface area contributed by atoms with Crippen LogP contribution in [0.4, 0.5) is 0 Å². The zero-order valence-electron chi connectivity index (χ0n) is 12.9. The van der Waals surface area contributed by atoms with E-state index in [1.165, 1.54) is 57.1 Å². The van der Waals surface area contributed by atoms with Crippen molar-refractivity contribution < 1.29 is 0 Å². The lowest BCUT2D eigenvalue weighted by Crippen LogP contribution is -2.31. The Morgan fingerprint density at radius 2 is 2.05 bits per heavy atom. The van der Waals surface area contributed by atoms with E-state index in [0.29, 0.717) is 12.1 Å². The monoisotopic (exact) mass is 275 g/mol. The largest absolute Gasteiger partial charge is 0.314 e. The van der Waals surface area contributed by atoms with E-state index in [1.807, 2.05) is 0 Å². The normalized spacial score (nSPS) is 22.1. The molecule has 1 unspecified atom stereocenters. The average molecular weight is 275 g/mol. The highest BCUT2D eigenvalue weighted by Gasteiger charge is 2.25. The fourth-order valence-electron chi connectivity index (χ4n) is 3.57. The fraction of sp³-hybridized carbons (Fsp3) is 0.824. The molecule has 1 heterocycles. The number of hydrogen-bond acceptors (Lipinski definition) is 2. The maximum atomic E-state index is 4.86. The van der Waals surface area contributed by atoms with Crippen LogP contribution in [0.2, 0.25) is 0 Å². The molecular formula is C17H29N3. The Hall–Kier alpha value is -0.830. The molecule has 3 nitrogen and oxygen atoms in total. The van der Waals surface area contributed by atoms with Crippen LogP contribution >= 0.6 is 0 Å². The predicted molar refractivity (Wildman–Crippen MR) is 82.9 cm³/mol. The van der Waals surface area contributed by atoms with E-state index in [2.05, 4.69) is 29.2 Å². The second kappa shape index (κ2) is 6.75. The summed E-state index contributed by atoms with van der Waals surface area (Å²) < 4.78 is 2.24. The molecule has 2 fully saturated rings. The summed E-state index contributed by atoms with van der Waals surface area (Å²) in [5.41, 5.74) is 1.28. The molecule has 0 amide bonds. The summed E-state index contributed by atoms with van der Waals surface area (Å²) in [5.74, 6) is 0.986. The SMILES string of the molecule is CCNC(Cc1ccn(C2CCCCC2)n1)CC1CC1. The number of likely N-dealkylation sites (N-methyl/N-ethyl adjacent to an activating group) is 1. The molecular weight excluding hydrogens is 246 g/mol. The van der Waals surface area contributed by atoms with Gasteiger partial charge in [-0.1, -0.05) is 39.0 Å². The molecule has 1 atom stereocenters. The van der Waals surface area contributed by atoms with Crippen LogP contribution in [0.25, 0.3) is 0 Å². The van der Waals surface area contributed by atoms with Gasteiger partial charge in [0.15, 0.2) is 0 Å². The molecule has 2 aliphatic rings. The Morgan fingerprint density at radius 1 is 1.25 bits per heavy atom. The third-order valence-corrected chi connectivity index (χ3v) is 4.88. The number of hydrogen-bond donors (Lipinski definition) is 1. The van der Waals surface area contributed by atoms with Crippen molar-refractivity contribution in [3.8, 4) is 0 Å². The van der Waals surface area contributed by atoms with E-state index in [9.17, 15) is 0 Å². The predicted octanol–water partition coefficient (Wildman–Crippen LogP) is 3.71. The van der Waals surface area contributed by atoms with Crippen molar-refractivity contribution in [3.05, 3.63) is 18.0 Å². The van der Waals surface area contributed by atoms with Crippen LogP contribution in [-0.2, 0) is 6.42 Å². The summed E-state index contributed by atoms with van der Waals surface area (Å²) in [5, 5.41) is 8.50. The van der Waals surface area contributed by atoms with Gasteiger partial charge < -0.3 is 5.32 Å². The first-order chi connectivity index (χ1) is 9.85. The molecule has 0 bridgehead atoms. The van der Waals surface area contributed by atoms with E-state index < -0.39 is 0 Å². The van der Waals surface area contributed by atoms with Gasteiger partial charge in [0.25, 0.3) is 0 Å². The first-order valence-corrected chi connectivity index (χ1v) is 8.62. The van der Waals surface area contributed by atoms with Gasteiger partial charge in [-0.05, 0) is 37.8 Å². The third kappa shape index (κ3) is 3.85. The van der Waals surface area contributed by atoms with Crippen LogP contribution in [0.3, 0.4) is 0 Å². The molecule has 1 N–H and O–H groups in total. The highest BCUT2D eigenvalue weighted by Crippen LogP contribution is 2.34. The van der Waals surface area contributed by atoms with Gasteiger partial charge in [0.05, 0.1) is 11.7 Å². The van der Waals surface area contributed by atoms with Crippen LogP contribution in [0.15, 0.2) is 12.3 Å². The van der Waals surface area contributed by atoms with E-state index in [-0.39, 0.29) is 0 Å². The Kier molecular flexibility index (Phi) is 4.77. The Labute approximate surface area is 123 Å². The second-order valence-corrected chi connectivity index (χ2v) is 6.72. The Bertz CT molecular complexity index is 402. The van der Waals surface area contributed by atoms with Crippen LogP contribution in [0, 0.1) is 5.92 Å². The van der Waals surface area contributed by atoms with E-state index >= 15 is 0 Å².